The summed E-state index contributed by atoms with van der Waals surface area (Å²) in [5.41, 5.74) is 3.16. The summed E-state index contributed by atoms with van der Waals surface area (Å²) in [6.45, 7) is 13.9. The highest BCUT2D eigenvalue weighted by molar-refractivity contribution is 7.80. The molecule has 34 heavy (non-hydrogen) atoms. The molecule has 0 spiro atoms. The van der Waals surface area contributed by atoms with E-state index in [-0.39, 0.29) is 5.91 Å². The Kier molecular flexibility index (Phi) is 6.57. The van der Waals surface area contributed by atoms with Crippen LogP contribution in [0.3, 0.4) is 0 Å². The van der Waals surface area contributed by atoms with Crippen molar-refractivity contribution in [1.29, 1.82) is 0 Å². The molecule has 2 aromatic heterocycles. The van der Waals surface area contributed by atoms with Crippen molar-refractivity contribution in [2.75, 3.05) is 18.1 Å². The second-order valence-electron chi connectivity index (χ2n) is 8.53. The summed E-state index contributed by atoms with van der Waals surface area (Å²) in [7, 11) is 0. The van der Waals surface area contributed by atoms with E-state index < -0.39 is 5.54 Å². The molecule has 8 heteroatoms. The Bertz CT molecular complexity index is 1250. The largest absolute Gasteiger partial charge is 0.492 e. The Morgan fingerprint density at radius 2 is 1.91 bits per heavy atom. The van der Waals surface area contributed by atoms with Crippen molar-refractivity contribution < 1.29 is 9.53 Å². The fraction of sp³-hybridized carbons (Fsp3) is 0.269. The number of hydrogen-bond acceptors (Lipinski definition) is 5. The minimum absolute atomic E-state index is 0.0794. The Morgan fingerprint density at radius 3 is 2.56 bits per heavy atom. The molecule has 172 valence electrons. The van der Waals surface area contributed by atoms with E-state index in [1.165, 1.54) is 0 Å². The van der Waals surface area contributed by atoms with Gasteiger partial charge in [-0.2, -0.15) is 0 Å². The number of benzene rings is 1. The lowest BCUT2D eigenvalue weighted by atomic mass is 10.0. The Hall–Kier alpha value is -3.83. The number of rotatable bonds is 7. The van der Waals surface area contributed by atoms with Crippen LogP contribution in [0, 0.1) is 13.5 Å². The Morgan fingerprint density at radius 1 is 1.15 bits per heavy atom. The number of aryl methyl sites for hydroxylation is 1. The van der Waals surface area contributed by atoms with Crippen LogP contribution in [0.25, 0.3) is 16.1 Å². The number of hydrogen-bond donors (Lipinski definition) is 0. The van der Waals surface area contributed by atoms with E-state index >= 15 is 0 Å². The molecule has 0 unspecified atom stereocenters. The van der Waals surface area contributed by atoms with E-state index in [0.717, 1.165) is 16.8 Å². The van der Waals surface area contributed by atoms with Crippen LogP contribution in [0.1, 0.15) is 25.8 Å². The third kappa shape index (κ3) is 4.47. The molecule has 1 aliphatic rings. The topological polar surface area (TPSA) is 62.9 Å². The molecule has 0 aliphatic carbocycles. The zero-order chi connectivity index (χ0) is 24.3. The second kappa shape index (κ2) is 9.57. The highest BCUT2D eigenvalue weighted by Gasteiger charge is 2.49. The average Bonchev–Trinajstić information content (AvgIpc) is 3.01. The third-order valence-corrected chi connectivity index (χ3v) is 6.29. The number of carbonyl (C=O) groups is 1. The van der Waals surface area contributed by atoms with Crippen molar-refractivity contribution in [3.05, 3.63) is 78.0 Å². The van der Waals surface area contributed by atoms with Gasteiger partial charge in [-0.3, -0.25) is 19.7 Å². The third-order valence-electron chi connectivity index (χ3n) is 5.89. The van der Waals surface area contributed by atoms with Gasteiger partial charge in [0.15, 0.2) is 10.8 Å². The lowest BCUT2D eigenvalue weighted by molar-refractivity contribution is -0.123. The van der Waals surface area contributed by atoms with Crippen LogP contribution in [0.2, 0.25) is 0 Å². The van der Waals surface area contributed by atoms with E-state index in [4.69, 9.17) is 23.5 Å². The van der Waals surface area contributed by atoms with Crippen LogP contribution in [-0.4, -0.2) is 44.6 Å². The van der Waals surface area contributed by atoms with Gasteiger partial charge in [0.1, 0.15) is 11.3 Å². The van der Waals surface area contributed by atoms with Crippen LogP contribution in [0.4, 0.5) is 11.4 Å². The van der Waals surface area contributed by atoms with E-state index in [1.807, 2.05) is 56.0 Å². The van der Waals surface area contributed by atoms with Crippen LogP contribution < -0.4 is 9.64 Å². The normalized spacial score (nSPS) is 14.9. The van der Waals surface area contributed by atoms with Gasteiger partial charge >= 0.3 is 0 Å². The molecule has 3 heterocycles. The summed E-state index contributed by atoms with van der Waals surface area (Å²) < 4.78 is 5.87. The number of carbonyl (C=O) groups excluding carboxylic acids is 1. The van der Waals surface area contributed by atoms with Gasteiger partial charge in [-0.15, -0.1) is 0 Å². The molecular formula is C26H25N5O2S. The molecule has 0 bridgehead atoms. The summed E-state index contributed by atoms with van der Waals surface area (Å²) in [6.07, 6.45) is 5.87. The molecule has 3 aromatic rings. The summed E-state index contributed by atoms with van der Waals surface area (Å²) >= 11 is 5.69. The van der Waals surface area contributed by atoms with Crippen molar-refractivity contribution in [2.24, 2.45) is 0 Å². The van der Waals surface area contributed by atoms with E-state index in [2.05, 4.69) is 14.8 Å². The first kappa shape index (κ1) is 23.3. The molecular weight excluding hydrogens is 446 g/mol. The monoisotopic (exact) mass is 471 g/mol. The summed E-state index contributed by atoms with van der Waals surface area (Å²) in [4.78, 5) is 28.7. The number of anilines is 1. The van der Waals surface area contributed by atoms with Crippen molar-refractivity contribution in [3.8, 4) is 17.0 Å². The first-order valence-electron chi connectivity index (χ1n) is 11.0. The number of nitrogens with zero attached hydrogens (tertiary/aromatic N) is 5. The molecule has 1 fully saturated rings. The fourth-order valence-corrected chi connectivity index (χ4v) is 4.42. The van der Waals surface area contributed by atoms with Gasteiger partial charge in [0.25, 0.3) is 5.91 Å². The molecule has 4 rings (SSSR count). The van der Waals surface area contributed by atoms with Gasteiger partial charge in [-0.05, 0) is 81.4 Å². The molecule has 7 nitrogen and oxygen atoms in total. The average molecular weight is 472 g/mol. The lowest BCUT2D eigenvalue weighted by Gasteiger charge is -2.29. The maximum atomic E-state index is 13.2. The first-order chi connectivity index (χ1) is 16.3. The summed E-state index contributed by atoms with van der Waals surface area (Å²) in [5, 5.41) is 0.466. The number of amides is 1. The van der Waals surface area contributed by atoms with E-state index in [1.54, 1.807) is 35.6 Å². The van der Waals surface area contributed by atoms with Crippen LogP contribution in [0.15, 0.2) is 61.1 Å². The van der Waals surface area contributed by atoms with Crippen molar-refractivity contribution in [3.63, 3.8) is 0 Å². The SMILES string of the molecule is [C-]#[N+]c1ccc(N2C(=O)C(C)(C)N(CCCOc3ccc(-c4ccncc4)nc3)C2=S)cc1C. The van der Waals surface area contributed by atoms with E-state index in [9.17, 15) is 4.79 Å². The first-order valence-corrected chi connectivity index (χ1v) is 11.4. The standard InChI is InChI=1S/C26H25N5O2S/c1-18-16-20(6-8-22(18)27-4)31-24(32)26(2,3)30(25(31)34)14-5-15-33-21-7-9-23(29-17-21)19-10-12-28-13-11-19/h6-13,16-17H,5,14-15H2,1-3H3. The Balaban J connectivity index is 1.37. The van der Waals surface area contributed by atoms with Gasteiger partial charge in [-0.1, -0.05) is 6.07 Å². The van der Waals surface area contributed by atoms with Gasteiger partial charge in [-0.25, -0.2) is 4.85 Å². The van der Waals surface area contributed by atoms with Crippen LogP contribution in [0.5, 0.6) is 5.75 Å². The highest BCUT2D eigenvalue weighted by atomic mass is 32.1. The second-order valence-corrected chi connectivity index (χ2v) is 8.90. The van der Waals surface area contributed by atoms with Crippen molar-refractivity contribution >= 4 is 34.6 Å². The summed E-state index contributed by atoms with van der Waals surface area (Å²) in [5.74, 6) is 0.610. The zero-order valence-corrected chi connectivity index (χ0v) is 20.2. The minimum Gasteiger partial charge on any atom is -0.492 e. The summed E-state index contributed by atoms with van der Waals surface area (Å²) in [6, 6.07) is 13.0. The number of aromatic nitrogens is 2. The van der Waals surface area contributed by atoms with Gasteiger partial charge < -0.3 is 9.64 Å². The molecule has 0 N–H and O–H groups in total. The quantitative estimate of drug-likeness (QED) is 0.269. The van der Waals surface area contributed by atoms with Gasteiger partial charge in [0.05, 0.1) is 25.1 Å². The number of pyridine rings is 2. The minimum atomic E-state index is -0.767. The smallest absolute Gasteiger partial charge is 0.258 e. The zero-order valence-electron chi connectivity index (χ0n) is 19.4. The van der Waals surface area contributed by atoms with Crippen LogP contribution in [-0.2, 0) is 4.79 Å². The predicted molar refractivity (Wildman–Crippen MR) is 136 cm³/mol. The lowest BCUT2D eigenvalue weighted by Crippen LogP contribution is -2.44. The maximum absolute atomic E-state index is 13.2. The van der Waals surface area contributed by atoms with Gasteiger partial charge in [0, 0.05) is 30.2 Å². The molecule has 1 aliphatic heterocycles. The molecule has 0 atom stereocenters. The molecule has 1 aromatic carbocycles. The molecule has 0 saturated carbocycles. The number of thiocarbonyl (C=S) groups is 1. The van der Waals surface area contributed by atoms with E-state index in [0.29, 0.717) is 41.8 Å². The fourth-order valence-electron chi connectivity index (χ4n) is 3.91. The molecule has 1 amide bonds. The van der Waals surface area contributed by atoms with Crippen LogP contribution >= 0.6 is 12.2 Å². The predicted octanol–water partition coefficient (Wildman–Crippen LogP) is 5.18. The van der Waals surface area contributed by atoms with Crippen molar-refractivity contribution in [2.45, 2.75) is 32.7 Å². The van der Waals surface area contributed by atoms with Gasteiger partial charge in [0.2, 0.25) is 0 Å². The molecule has 0 radical (unpaired) electrons. The number of ether oxygens (including phenoxy) is 1. The molecule has 1 saturated heterocycles. The maximum Gasteiger partial charge on any atom is 0.258 e. The Labute approximate surface area is 204 Å². The highest BCUT2D eigenvalue weighted by Crippen LogP contribution is 2.34. The van der Waals surface area contributed by atoms with Crippen molar-refractivity contribution in [1.82, 2.24) is 14.9 Å².